The van der Waals surface area contributed by atoms with Crippen LogP contribution in [0.15, 0.2) is 18.2 Å². The summed E-state index contributed by atoms with van der Waals surface area (Å²) in [7, 11) is 0. The van der Waals surface area contributed by atoms with Gasteiger partial charge in [-0.2, -0.15) is 0 Å². The van der Waals surface area contributed by atoms with Gasteiger partial charge in [0.2, 0.25) is 0 Å². The van der Waals surface area contributed by atoms with E-state index in [1.807, 2.05) is 0 Å². The van der Waals surface area contributed by atoms with E-state index >= 15 is 0 Å². The number of rotatable bonds is 3. The van der Waals surface area contributed by atoms with E-state index in [-0.39, 0.29) is 11.6 Å². The molecule has 1 heterocycles. The molecule has 98 valence electrons. The molecule has 1 amide bonds. The van der Waals surface area contributed by atoms with E-state index in [1.54, 1.807) is 19.1 Å². The highest BCUT2D eigenvalue weighted by Gasteiger charge is 2.17. The van der Waals surface area contributed by atoms with Crippen molar-refractivity contribution < 1.29 is 9.18 Å². The molecule has 0 radical (unpaired) electrons. The number of benzene rings is 1. The molecule has 0 aliphatic heterocycles. The number of thiophene rings is 1. The van der Waals surface area contributed by atoms with E-state index in [2.05, 4.69) is 17.2 Å². The fourth-order valence-corrected chi connectivity index (χ4v) is 2.79. The van der Waals surface area contributed by atoms with Gasteiger partial charge in [0.05, 0.1) is 11.1 Å². The van der Waals surface area contributed by atoms with Crippen LogP contribution >= 0.6 is 11.3 Å². The van der Waals surface area contributed by atoms with Crippen LogP contribution in [0.4, 0.5) is 10.1 Å². The zero-order chi connectivity index (χ0) is 13.8. The van der Waals surface area contributed by atoms with E-state index in [1.165, 1.54) is 17.4 Å². The third kappa shape index (κ3) is 2.69. The first-order valence-corrected chi connectivity index (χ1v) is 6.61. The van der Waals surface area contributed by atoms with Crippen molar-refractivity contribution in [2.75, 3.05) is 12.3 Å². The van der Waals surface area contributed by atoms with Gasteiger partial charge in [-0.3, -0.25) is 4.79 Å². The van der Waals surface area contributed by atoms with E-state index in [0.29, 0.717) is 27.9 Å². The summed E-state index contributed by atoms with van der Waals surface area (Å²) >= 11 is 1.20. The van der Waals surface area contributed by atoms with Crippen molar-refractivity contribution >= 4 is 33.0 Å². The summed E-state index contributed by atoms with van der Waals surface area (Å²) in [5.74, 6) is 4.92. The second-order valence-electron chi connectivity index (χ2n) is 3.89. The van der Waals surface area contributed by atoms with Crippen LogP contribution in [0, 0.1) is 17.7 Å². The lowest BCUT2D eigenvalue weighted by atomic mass is 10.2. The smallest absolute Gasteiger partial charge is 0.263 e. The Balaban J connectivity index is 2.24. The highest BCUT2D eigenvalue weighted by Crippen LogP contribution is 2.35. The van der Waals surface area contributed by atoms with Crippen LogP contribution in [0.1, 0.15) is 23.0 Å². The Morgan fingerprint density at radius 1 is 1.53 bits per heavy atom. The molecule has 0 unspecified atom stereocenters. The van der Waals surface area contributed by atoms with Crippen molar-refractivity contribution in [3.05, 3.63) is 28.9 Å². The number of carbonyl (C=O) groups is 1. The second kappa shape index (κ2) is 5.72. The van der Waals surface area contributed by atoms with Gasteiger partial charge < -0.3 is 11.1 Å². The lowest BCUT2D eigenvalue weighted by Crippen LogP contribution is -2.24. The molecule has 0 aliphatic rings. The van der Waals surface area contributed by atoms with E-state index in [9.17, 15) is 9.18 Å². The Bertz CT molecular complexity index is 682. The minimum Gasteiger partial charge on any atom is -0.397 e. The van der Waals surface area contributed by atoms with Gasteiger partial charge in [-0.1, -0.05) is 6.07 Å². The Morgan fingerprint density at radius 2 is 2.32 bits per heavy atom. The van der Waals surface area contributed by atoms with E-state index in [4.69, 9.17) is 5.73 Å². The zero-order valence-electron chi connectivity index (χ0n) is 10.4. The van der Waals surface area contributed by atoms with Crippen LogP contribution in [0.2, 0.25) is 0 Å². The summed E-state index contributed by atoms with van der Waals surface area (Å²) in [6.45, 7) is 2.20. The quantitative estimate of drug-likeness (QED) is 0.669. The molecule has 5 heteroatoms. The summed E-state index contributed by atoms with van der Waals surface area (Å²) in [5, 5.41) is 3.05. The van der Waals surface area contributed by atoms with Crippen molar-refractivity contribution in [2.24, 2.45) is 0 Å². The molecule has 0 aliphatic carbocycles. The second-order valence-corrected chi connectivity index (χ2v) is 4.94. The Labute approximate surface area is 114 Å². The predicted octanol–water partition coefficient (Wildman–Crippen LogP) is 2.77. The monoisotopic (exact) mass is 276 g/mol. The van der Waals surface area contributed by atoms with Crippen molar-refractivity contribution in [1.82, 2.24) is 5.32 Å². The fourth-order valence-electron chi connectivity index (χ4n) is 1.74. The number of nitrogen functional groups attached to an aromatic ring is 1. The van der Waals surface area contributed by atoms with Crippen molar-refractivity contribution in [2.45, 2.75) is 13.3 Å². The average Bonchev–Trinajstić information content (AvgIpc) is 2.73. The highest BCUT2D eigenvalue weighted by molar-refractivity contribution is 7.21. The summed E-state index contributed by atoms with van der Waals surface area (Å²) in [6.07, 6.45) is 0.585. The minimum absolute atomic E-state index is 0.206. The third-order valence-corrected chi connectivity index (χ3v) is 3.79. The van der Waals surface area contributed by atoms with Crippen molar-refractivity contribution in [1.29, 1.82) is 0 Å². The van der Waals surface area contributed by atoms with Crippen molar-refractivity contribution in [3.8, 4) is 11.8 Å². The number of amides is 1. The third-order valence-electron chi connectivity index (χ3n) is 2.62. The van der Waals surface area contributed by atoms with Gasteiger partial charge in [-0.25, -0.2) is 4.39 Å². The maximum atomic E-state index is 13.7. The molecular formula is C14H13FN2OS. The first-order chi connectivity index (χ1) is 9.15. The lowest BCUT2D eigenvalue weighted by molar-refractivity contribution is 0.0959. The number of halogens is 1. The summed E-state index contributed by atoms with van der Waals surface area (Å²) in [6, 6.07) is 4.69. The summed E-state index contributed by atoms with van der Waals surface area (Å²) < 4.78 is 14.3. The molecule has 0 spiro atoms. The molecule has 0 fully saturated rings. The molecular weight excluding hydrogens is 263 g/mol. The molecule has 0 saturated carbocycles. The number of hydrogen-bond donors (Lipinski definition) is 2. The molecule has 0 bridgehead atoms. The van der Waals surface area contributed by atoms with Gasteiger partial charge >= 0.3 is 0 Å². The Hall–Kier alpha value is -2.06. The molecule has 19 heavy (non-hydrogen) atoms. The molecule has 1 aromatic heterocycles. The number of carbonyl (C=O) groups excluding carboxylic acids is 1. The summed E-state index contributed by atoms with van der Waals surface area (Å²) in [5.41, 5.74) is 6.06. The van der Waals surface area contributed by atoms with E-state index in [0.717, 1.165) is 0 Å². The van der Waals surface area contributed by atoms with Crippen LogP contribution in [0.25, 0.3) is 10.1 Å². The van der Waals surface area contributed by atoms with Crippen molar-refractivity contribution in [3.63, 3.8) is 0 Å². The van der Waals surface area contributed by atoms with Crippen LogP contribution in [-0.4, -0.2) is 12.5 Å². The number of nitrogens with two attached hydrogens (primary N) is 1. The first-order valence-electron chi connectivity index (χ1n) is 5.79. The average molecular weight is 276 g/mol. The molecule has 3 nitrogen and oxygen atoms in total. The standard InChI is InChI=1S/C14H13FN2OS/c1-2-3-4-8-17-14(18)13-12(16)11-9(15)6-5-7-10(11)19-13/h5-7H,4,8,16H2,1H3,(H,17,18). The number of anilines is 1. The normalized spacial score (nSPS) is 10.0. The van der Waals surface area contributed by atoms with E-state index < -0.39 is 5.82 Å². The van der Waals surface area contributed by atoms with Gasteiger partial charge in [-0.15, -0.1) is 23.2 Å². The molecule has 1 aromatic carbocycles. The maximum absolute atomic E-state index is 13.7. The topological polar surface area (TPSA) is 55.1 Å². The summed E-state index contributed by atoms with van der Waals surface area (Å²) in [4.78, 5) is 12.3. The van der Waals surface area contributed by atoms with Crippen LogP contribution in [0.3, 0.4) is 0 Å². The largest absolute Gasteiger partial charge is 0.397 e. The Morgan fingerprint density at radius 3 is 3.00 bits per heavy atom. The SMILES string of the molecule is CC#CCCNC(=O)c1sc2cccc(F)c2c1N. The number of nitrogens with one attached hydrogen (secondary N) is 1. The molecule has 0 saturated heterocycles. The van der Waals surface area contributed by atoms with Crippen LogP contribution < -0.4 is 11.1 Å². The highest BCUT2D eigenvalue weighted by atomic mass is 32.1. The maximum Gasteiger partial charge on any atom is 0.263 e. The Kier molecular flexibility index (Phi) is 4.03. The van der Waals surface area contributed by atoms with Crippen LogP contribution in [0.5, 0.6) is 0 Å². The van der Waals surface area contributed by atoms with Gasteiger partial charge in [0.25, 0.3) is 5.91 Å². The van der Waals surface area contributed by atoms with Crippen LogP contribution in [-0.2, 0) is 0 Å². The predicted molar refractivity (Wildman–Crippen MR) is 76.6 cm³/mol. The van der Waals surface area contributed by atoms with Gasteiger partial charge in [0.15, 0.2) is 0 Å². The van der Waals surface area contributed by atoms with Gasteiger partial charge in [-0.05, 0) is 19.1 Å². The zero-order valence-corrected chi connectivity index (χ0v) is 11.2. The number of fused-ring (bicyclic) bond motifs is 1. The molecule has 2 rings (SSSR count). The molecule has 2 aromatic rings. The fraction of sp³-hybridized carbons (Fsp3) is 0.214. The number of hydrogen-bond acceptors (Lipinski definition) is 3. The minimum atomic E-state index is -0.401. The lowest BCUT2D eigenvalue weighted by Gasteiger charge is -2.01. The van der Waals surface area contributed by atoms with Gasteiger partial charge in [0, 0.05) is 17.7 Å². The van der Waals surface area contributed by atoms with Gasteiger partial charge in [0.1, 0.15) is 10.7 Å². The first kappa shape index (κ1) is 13.4. The molecule has 0 atom stereocenters. The molecule has 3 N–H and O–H groups in total.